The van der Waals surface area contributed by atoms with Crippen molar-refractivity contribution in [3.8, 4) is 5.75 Å². The van der Waals surface area contributed by atoms with Gasteiger partial charge in [-0.2, -0.15) is 0 Å². The normalized spacial score (nSPS) is 16.3. The number of aryl methyl sites for hydroxylation is 1. The standard InChI is InChI=1S/C30H36N2O3/c1-23(33)31-19-25-15-16-26-11-8-12-28(18-27(26)17-25)32(20-24-9-4-2-5-10-24)21-29(34)22-35-30-13-6-3-7-14-30/h2-7,9-10,13-17,28-29,34H,8,11-12,18-22H2,1H3,(H,31,33)/t28?,29-/m0/s1. The molecule has 0 fully saturated rings. The number of carbonyl (C=O) groups is 1. The number of para-hydroxylation sites is 1. The molecular weight excluding hydrogens is 436 g/mol. The fraction of sp³-hybridized carbons (Fsp3) is 0.367. The molecule has 0 heterocycles. The number of nitrogens with one attached hydrogen (secondary N) is 1. The largest absolute Gasteiger partial charge is 0.491 e. The Morgan fingerprint density at radius 3 is 2.51 bits per heavy atom. The van der Waals surface area contributed by atoms with Gasteiger partial charge in [0.15, 0.2) is 0 Å². The lowest BCUT2D eigenvalue weighted by Crippen LogP contribution is -2.42. The molecule has 5 heteroatoms. The second kappa shape index (κ2) is 12.5. The average Bonchev–Trinajstić information content (AvgIpc) is 3.09. The van der Waals surface area contributed by atoms with Crippen LogP contribution in [0.3, 0.4) is 0 Å². The zero-order valence-corrected chi connectivity index (χ0v) is 20.5. The van der Waals surface area contributed by atoms with Crippen LogP contribution in [0.25, 0.3) is 0 Å². The fourth-order valence-corrected chi connectivity index (χ4v) is 4.84. The molecule has 0 saturated carbocycles. The third-order valence-electron chi connectivity index (χ3n) is 6.63. The maximum atomic E-state index is 11.4. The minimum atomic E-state index is -0.590. The van der Waals surface area contributed by atoms with Crippen molar-refractivity contribution in [2.75, 3.05) is 13.2 Å². The van der Waals surface area contributed by atoms with Gasteiger partial charge >= 0.3 is 0 Å². The molecular formula is C30H36N2O3. The van der Waals surface area contributed by atoms with E-state index in [9.17, 15) is 9.90 Å². The van der Waals surface area contributed by atoms with E-state index in [1.165, 1.54) is 16.7 Å². The Balaban J connectivity index is 1.48. The van der Waals surface area contributed by atoms with Crippen LogP contribution in [0.4, 0.5) is 0 Å². The van der Waals surface area contributed by atoms with Crippen LogP contribution < -0.4 is 10.1 Å². The highest BCUT2D eigenvalue weighted by Gasteiger charge is 2.25. The monoisotopic (exact) mass is 472 g/mol. The van der Waals surface area contributed by atoms with Gasteiger partial charge in [0.05, 0.1) is 0 Å². The number of ether oxygens (including phenoxy) is 1. The van der Waals surface area contributed by atoms with Crippen LogP contribution in [0.5, 0.6) is 5.75 Å². The summed E-state index contributed by atoms with van der Waals surface area (Å²) in [5, 5.41) is 13.8. The molecule has 0 saturated heterocycles. The average molecular weight is 473 g/mol. The highest BCUT2D eigenvalue weighted by Crippen LogP contribution is 2.26. The minimum absolute atomic E-state index is 0.0152. The molecule has 3 aromatic rings. The molecule has 3 aromatic carbocycles. The van der Waals surface area contributed by atoms with Crippen LogP contribution in [0.1, 0.15) is 42.0 Å². The number of carbonyl (C=O) groups excluding carboxylic acids is 1. The van der Waals surface area contributed by atoms with Crippen LogP contribution >= 0.6 is 0 Å². The Morgan fingerprint density at radius 2 is 1.77 bits per heavy atom. The lowest BCUT2D eigenvalue weighted by molar-refractivity contribution is -0.119. The number of benzene rings is 3. The van der Waals surface area contributed by atoms with Gasteiger partial charge in [-0.05, 0) is 60.1 Å². The van der Waals surface area contributed by atoms with E-state index in [0.29, 0.717) is 19.1 Å². The van der Waals surface area contributed by atoms with E-state index >= 15 is 0 Å². The number of hydrogen-bond donors (Lipinski definition) is 2. The Kier molecular flexibility index (Phi) is 8.93. The van der Waals surface area contributed by atoms with Crippen LogP contribution in [-0.2, 0) is 30.7 Å². The Morgan fingerprint density at radius 1 is 1.03 bits per heavy atom. The molecule has 0 spiro atoms. The van der Waals surface area contributed by atoms with Crippen molar-refractivity contribution < 1.29 is 14.6 Å². The zero-order valence-electron chi connectivity index (χ0n) is 20.5. The number of aliphatic hydroxyl groups excluding tert-OH is 1. The van der Waals surface area contributed by atoms with Crippen LogP contribution in [0, 0.1) is 0 Å². The Hall–Kier alpha value is -3.15. The van der Waals surface area contributed by atoms with Crippen molar-refractivity contribution in [1.82, 2.24) is 10.2 Å². The van der Waals surface area contributed by atoms with E-state index in [1.54, 1.807) is 6.92 Å². The third-order valence-corrected chi connectivity index (χ3v) is 6.63. The summed E-state index contributed by atoms with van der Waals surface area (Å²) >= 11 is 0. The zero-order chi connectivity index (χ0) is 24.5. The summed E-state index contributed by atoms with van der Waals surface area (Å²) in [4.78, 5) is 13.8. The van der Waals surface area contributed by atoms with E-state index < -0.39 is 6.10 Å². The van der Waals surface area contributed by atoms with Gasteiger partial charge < -0.3 is 15.2 Å². The lowest BCUT2D eigenvalue weighted by atomic mass is 9.98. The molecule has 1 aliphatic carbocycles. The van der Waals surface area contributed by atoms with E-state index in [4.69, 9.17) is 4.74 Å². The van der Waals surface area contributed by atoms with Gasteiger partial charge in [-0.25, -0.2) is 0 Å². The van der Waals surface area contributed by atoms with Gasteiger partial charge in [-0.15, -0.1) is 0 Å². The van der Waals surface area contributed by atoms with Crippen LogP contribution in [-0.4, -0.2) is 41.2 Å². The topological polar surface area (TPSA) is 61.8 Å². The number of rotatable bonds is 10. The fourth-order valence-electron chi connectivity index (χ4n) is 4.84. The SMILES string of the molecule is CC(=O)NCc1ccc2c(c1)CC(N(Cc1ccccc1)C[C@H](O)COc1ccccc1)CCC2. The maximum Gasteiger partial charge on any atom is 0.217 e. The molecule has 0 bridgehead atoms. The van der Waals surface area contributed by atoms with Crippen molar-refractivity contribution in [2.45, 2.75) is 57.8 Å². The summed E-state index contributed by atoms with van der Waals surface area (Å²) in [6, 6.07) is 27.0. The second-order valence-corrected chi connectivity index (χ2v) is 9.46. The van der Waals surface area contributed by atoms with Gasteiger partial charge in [0, 0.05) is 32.6 Å². The molecule has 1 amide bonds. The quantitative estimate of drug-likeness (QED) is 0.426. The van der Waals surface area contributed by atoms with E-state index in [2.05, 4.69) is 52.7 Å². The predicted molar refractivity (Wildman–Crippen MR) is 139 cm³/mol. The number of amides is 1. The molecule has 5 nitrogen and oxygen atoms in total. The molecule has 0 aliphatic heterocycles. The summed E-state index contributed by atoms with van der Waals surface area (Å²) in [5.41, 5.74) is 5.12. The predicted octanol–water partition coefficient (Wildman–Crippen LogP) is 4.51. The van der Waals surface area contributed by atoms with Gasteiger partial charge in [0.2, 0.25) is 5.91 Å². The van der Waals surface area contributed by atoms with Crippen molar-refractivity contribution in [3.63, 3.8) is 0 Å². The van der Waals surface area contributed by atoms with Crippen molar-refractivity contribution in [1.29, 1.82) is 0 Å². The number of hydrogen-bond acceptors (Lipinski definition) is 4. The summed E-state index contributed by atoms with van der Waals surface area (Å²) < 4.78 is 5.84. The Bertz CT molecular complexity index is 1070. The van der Waals surface area contributed by atoms with Crippen LogP contribution in [0.15, 0.2) is 78.9 Å². The molecule has 0 radical (unpaired) electrons. The number of fused-ring (bicyclic) bond motifs is 1. The van der Waals surface area contributed by atoms with Crippen molar-refractivity contribution in [2.24, 2.45) is 0 Å². The molecule has 1 unspecified atom stereocenters. The molecule has 35 heavy (non-hydrogen) atoms. The maximum absolute atomic E-state index is 11.4. The highest BCUT2D eigenvalue weighted by atomic mass is 16.5. The van der Waals surface area contributed by atoms with E-state index in [-0.39, 0.29) is 12.5 Å². The summed E-state index contributed by atoms with van der Waals surface area (Å²) in [7, 11) is 0. The van der Waals surface area contributed by atoms with Crippen LogP contribution in [0.2, 0.25) is 0 Å². The highest BCUT2D eigenvalue weighted by molar-refractivity contribution is 5.72. The van der Waals surface area contributed by atoms with Gasteiger partial charge in [0.25, 0.3) is 0 Å². The lowest BCUT2D eigenvalue weighted by Gasteiger charge is -2.33. The minimum Gasteiger partial charge on any atom is -0.491 e. The second-order valence-electron chi connectivity index (χ2n) is 9.46. The van der Waals surface area contributed by atoms with Gasteiger partial charge in [-0.3, -0.25) is 9.69 Å². The van der Waals surface area contributed by atoms with Gasteiger partial charge in [-0.1, -0.05) is 66.7 Å². The molecule has 184 valence electrons. The summed E-state index contributed by atoms with van der Waals surface area (Å²) in [6.45, 7) is 3.70. The molecule has 0 aromatic heterocycles. The number of nitrogens with zero attached hydrogens (tertiary/aromatic N) is 1. The first-order valence-electron chi connectivity index (χ1n) is 12.6. The van der Waals surface area contributed by atoms with Gasteiger partial charge in [0.1, 0.15) is 18.5 Å². The number of aliphatic hydroxyl groups is 1. The van der Waals surface area contributed by atoms with Crippen molar-refractivity contribution >= 4 is 5.91 Å². The first kappa shape index (κ1) is 25.0. The molecule has 4 rings (SSSR count). The van der Waals surface area contributed by atoms with E-state index in [1.807, 2.05) is 36.4 Å². The first-order valence-corrected chi connectivity index (χ1v) is 12.6. The summed E-state index contributed by atoms with van der Waals surface area (Å²) in [5.74, 6) is 0.759. The Labute approximate surface area is 208 Å². The van der Waals surface area contributed by atoms with E-state index in [0.717, 1.165) is 43.5 Å². The smallest absolute Gasteiger partial charge is 0.217 e. The molecule has 2 N–H and O–H groups in total. The summed E-state index contributed by atoms with van der Waals surface area (Å²) in [6.07, 6.45) is 3.60. The molecule has 2 atom stereocenters. The van der Waals surface area contributed by atoms with Crippen molar-refractivity contribution in [3.05, 3.63) is 101 Å². The first-order chi connectivity index (χ1) is 17.1. The third kappa shape index (κ3) is 7.67. The molecule has 1 aliphatic rings.